The minimum atomic E-state index is -2.25. The molecule has 1 aromatic carbocycles. The van der Waals surface area contributed by atoms with E-state index >= 15 is 0 Å². The molecular formula is C25H36N2O9Si. The highest BCUT2D eigenvalue weighted by molar-refractivity contribution is 6.74. The first-order chi connectivity index (χ1) is 17.1. The number of non-ortho nitro benzene ring substituents is 1. The van der Waals surface area contributed by atoms with Gasteiger partial charge in [0.1, 0.15) is 6.61 Å². The van der Waals surface area contributed by atoms with Crippen molar-refractivity contribution in [1.29, 1.82) is 0 Å². The fourth-order valence-corrected chi connectivity index (χ4v) is 5.25. The summed E-state index contributed by atoms with van der Waals surface area (Å²) in [6, 6.07) is 4.59. The van der Waals surface area contributed by atoms with E-state index in [1.54, 1.807) is 6.92 Å². The van der Waals surface area contributed by atoms with E-state index < -0.39 is 49.4 Å². The summed E-state index contributed by atoms with van der Waals surface area (Å²) < 4.78 is 16.3. The van der Waals surface area contributed by atoms with E-state index in [1.807, 2.05) is 0 Å². The maximum Gasteiger partial charge on any atom is 0.356 e. The molecule has 1 aliphatic rings. The Labute approximate surface area is 217 Å². The molecule has 1 aliphatic heterocycles. The molecular weight excluding hydrogens is 500 g/mol. The van der Waals surface area contributed by atoms with Crippen LogP contribution < -0.4 is 0 Å². The number of hydrogen-bond acceptors (Lipinski definition) is 9. The summed E-state index contributed by atoms with van der Waals surface area (Å²) in [4.78, 5) is 49.4. The molecule has 1 aromatic rings. The third-order valence-electron chi connectivity index (χ3n) is 6.91. The number of methoxy groups -OCH3 is 1. The predicted molar refractivity (Wildman–Crippen MR) is 137 cm³/mol. The summed E-state index contributed by atoms with van der Waals surface area (Å²) in [5.41, 5.74) is 0.350. The number of allylic oxidation sites excluding steroid dienone is 1. The maximum absolute atomic E-state index is 13.1. The number of amides is 1. The molecule has 1 unspecified atom stereocenters. The van der Waals surface area contributed by atoms with Gasteiger partial charge in [0, 0.05) is 24.6 Å². The van der Waals surface area contributed by atoms with Crippen molar-refractivity contribution in [2.75, 3.05) is 7.11 Å². The molecule has 0 aliphatic carbocycles. The van der Waals surface area contributed by atoms with Crippen LogP contribution in [0.4, 0.5) is 5.69 Å². The number of nitro groups is 1. The lowest BCUT2D eigenvalue weighted by atomic mass is 9.80. The van der Waals surface area contributed by atoms with Gasteiger partial charge in [-0.1, -0.05) is 20.8 Å². The second kappa shape index (κ2) is 12.0. The molecule has 0 saturated carbocycles. The zero-order valence-electron chi connectivity index (χ0n) is 22.3. The fourth-order valence-electron chi connectivity index (χ4n) is 3.82. The molecule has 4 atom stereocenters. The lowest BCUT2D eigenvalue weighted by molar-refractivity contribution is -0.384. The van der Waals surface area contributed by atoms with Gasteiger partial charge in [-0.25, -0.2) is 4.79 Å². The minimum Gasteiger partial charge on any atom is -0.504 e. The third kappa shape index (κ3) is 7.24. The number of nitro benzene ring substituents is 1. The summed E-state index contributed by atoms with van der Waals surface area (Å²) in [7, 11) is -0.857. The zero-order valence-corrected chi connectivity index (χ0v) is 23.3. The van der Waals surface area contributed by atoms with E-state index in [4.69, 9.17) is 13.9 Å². The van der Waals surface area contributed by atoms with E-state index in [0.717, 1.165) is 4.90 Å². The number of benzene rings is 1. The summed E-state index contributed by atoms with van der Waals surface area (Å²) in [6.45, 7) is 11.8. The second-order valence-electron chi connectivity index (χ2n) is 10.5. The highest BCUT2D eigenvalue weighted by Crippen LogP contribution is 2.41. The van der Waals surface area contributed by atoms with Gasteiger partial charge in [-0.15, -0.1) is 0 Å². The summed E-state index contributed by atoms with van der Waals surface area (Å²) >= 11 is 0. The monoisotopic (exact) mass is 536 g/mol. The van der Waals surface area contributed by atoms with Crippen molar-refractivity contribution >= 4 is 31.7 Å². The number of carbonyl (C=O) groups excluding carboxylic acids is 3. The molecule has 0 aromatic heterocycles. The summed E-state index contributed by atoms with van der Waals surface area (Å²) in [5, 5.41) is 21.4. The number of nitrogens with zero attached hydrogens (tertiary/aromatic N) is 2. The largest absolute Gasteiger partial charge is 0.504 e. The number of aliphatic hydroxyl groups is 1. The van der Waals surface area contributed by atoms with Crippen molar-refractivity contribution in [2.45, 2.75) is 77.2 Å². The first kappa shape index (κ1) is 30.1. The predicted octanol–water partition coefficient (Wildman–Crippen LogP) is 3.31. The zero-order chi connectivity index (χ0) is 28.1. The van der Waals surface area contributed by atoms with E-state index in [-0.39, 0.29) is 29.5 Å². The van der Waals surface area contributed by atoms with Crippen LogP contribution in [0.2, 0.25) is 18.1 Å². The van der Waals surface area contributed by atoms with Crippen LogP contribution in [0, 0.1) is 16.0 Å². The first-order valence-electron chi connectivity index (χ1n) is 11.9. The molecule has 0 bridgehead atoms. The minimum absolute atomic E-state index is 0.110. The molecule has 204 valence electrons. The van der Waals surface area contributed by atoms with Gasteiger partial charge >= 0.3 is 5.97 Å². The number of esters is 1. The number of carbonyl (C=O) groups is 3. The molecule has 1 heterocycles. The molecule has 1 saturated heterocycles. The summed E-state index contributed by atoms with van der Waals surface area (Å²) in [5.74, 6) is -2.67. The Kier molecular flexibility index (Phi) is 9.75. The van der Waals surface area contributed by atoms with Crippen molar-refractivity contribution < 1.29 is 38.3 Å². The Bertz CT molecular complexity index is 1030. The van der Waals surface area contributed by atoms with Gasteiger partial charge < -0.3 is 23.9 Å². The van der Waals surface area contributed by atoms with E-state index in [0.29, 0.717) is 5.56 Å². The highest BCUT2D eigenvalue weighted by Gasteiger charge is 2.56. The molecule has 0 spiro atoms. The molecule has 1 N–H and O–H groups in total. The van der Waals surface area contributed by atoms with Crippen molar-refractivity contribution in [3.05, 3.63) is 52.3 Å². The number of β-lactam (4-membered cyclic amide) rings is 1. The SMILES string of the molecule is COC=CC(=O)C[C@@H]1[C@@H]([C@@H](C)O[Si](C)(C)C(C)(C)C)C(=O)N1C(O)C(=O)OCc1ccc([N+](=O)[O-])cc1. The molecule has 37 heavy (non-hydrogen) atoms. The van der Waals surface area contributed by atoms with Gasteiger partial charge in [0.15, 0.2) is 14.1 Å². The van der Waals surface area contributed by atoms with E-state index in [2.05, 4.69) is 33.9 Å². The lowest BCUT2D eigenvalue weighted by Gasteiger charge is -2.52. The Morgan fingerprint density at radius 1 is 1.24 bits per heavy atom. The van der Waals surface area contributed by atoms with E-state index in [1.165, 1.54) is 43.7 Å². The summed E-state index contributed by atoms with van der Waals surface area (Å²) in [6.07, 6.45) is -0.180. The van der Waals surface area contributed by atoms with Gasteiger partial charge in [0.2, 0.25) is 12.1 Å². The van der Waals surface area contributed by atoms with Gasteiger partial charge in [-0.3, -0.25) is 19.7 Å². The standard InChI is InChI=1S/C25H36N2O9Si/c1-16(36-37(6,7)25(2,3)4)21-20(14-19(28)12-13-34-5)26(22(21)29)23(30)24(31)35-15-17-8-10-18(11-9-17)27(32)33/h8-13,16,20-21,23,30H,14-15H2,1-7H3/t16-,20-,21-,23?/m1/s1. The number of ketones is 1. The smallest absolute Gasteiger partial charge is 0.356 e. The molecule has 2 rings (SSSR count). The normalized spacial score (nSPS) is 19.8. The third-order valence-corrected chi connectivity index (χ3v) is 11.5. The van der Waals surface area contributed by atoms with Crippen LogP contribution in [0.3, 0.4) is 0 Å². The molecule has 1 amide bonds. The number of rotatable bonds is 12. The van der Waals surface area contributed by atoms with Crippen molar-refractivity contribution in [3.63, 3.8) is 0 Å². The average molecular weight is 537 g/mol. The fraction of sp³-hybridized carbons (Fsp3) is 0.560. The Hall–Kier alpha value is -3.09. The van der Waals surface area contributed by atoms with Crippen LogP contribution in [-0.4, -0.2) is 66.4 Å². The first-order valence-corrected chi connectivity index (χ1v) is 14.8. The Morgan fingerprint density at radius 3 is 2.35 bits per heavy atom. The Morgan fingerprint density at radius 2 is 1.84 bits per heavy atom. The average Bonchev–Trinajstić information content (AvgIpc) is 2.79. The topological polar surface area (TPSA) is 146 Å². The van der Waals surface area contributed by atoms with Crippen LogP contribution >= 0.6 is 0 Å². The van der Waals surface area contributed by atoms with Gasteiger partial charge in [-0.05, 0) is 42.8 Å². The van der Waals surface area contributed by atoms with Gasteiger partial charge in [0.25, 0.3) is 5.69 Å². The van der Waals surface area contributed by atoms with Gasteiger partial charge in [0.05, 0.1) is 36.4 Å². The van der Waals surface area contributed by atoms with Crippen LogP contribution in [0.25, 0.3) is 0 Å². The molecule has 11 nitrogen and oxygen atoms in total. The number of ether oxygens (including phenoxy) is 2. The molecule has 12 heteroatoms. The quantitative estimate of drug-likeness (QED) is 0.0808. The van der Waals surface area contributed by atoms with E-state index in [9.17, 15) is 29.6 Å². The molecule has 0 radical (unpaired) electrons. The number of aliphatic hydroxyl groups excluding tert-OH is 1. The Balaban J connectivity index is 2.16. The highest BCUT2D eigenvalue weighted by atomic mass is 28.4. The van der Waals surface area contributed by atoms with Crippen LogP contribution in [0.5, 0.6) is 0 Å². The van der Waals surface area contributed by atoms with Crippen LogP contribution in [0.1, 0.15) is 39.7 Å². The second-order valence-corrected chi connectivity index (χ2v) is 15.3. The van der Waals surface area contributed by atoms with Crippen molar-refractivity contribution in [1.82, 2.24) is 4.90 Å². The van der Waals surface area contributed by atoms with Crippen molar-refractivity contribution in [3.8, 4) is 0 Å². The van der Waals surface area contributed by atoms with Crippen LogP contribution in [0.15, 0.2) is 36.6 Å². The maximum atomic E-state index is 13.1. The van der Waals surface area contributed by atoms with Crippen molar-refractivity contribution in [2.24, 2.45) is 5.92 Å². The van der Waals surface area contributed by atoms with Crippen LogP contribution in [-0.2, 0) is 34.9 Å². The lowest BCUT2D eigenvalue weighted by Crippen LogP contribution is -2.70. The number of likely N-dealkylation sites (tertiary alicyclic amines) is 1. The molecule has 1 fully saturated rings. The van der Waals surface area contributed by atoms with Gasteiger partial charge in [-0.2, -0.15) is 0 Å². The number of hydrogen-bond donors (Lipinski definition) is 1.